The molecule has 3 atom stereocenters. The zero-order chi connectivity index (χ0) is 14.0. The van der Waals surface area contributed by atoms with E-state index in [1.807, 2.05) is 19.2 Å². The Kier molecular flexibility index (Phi) is 4.19. The van der Waals surface area contributed by atoms with Crippen molar-refractivity contribution in [2.45, 2.75) is 39.2 Å². The van der Waals surface area contributed by atoms with E-state index in [0.717, 1.165) is 10.7 Å². The lowest BCUT2D eigenvalue weighted by Gasteiger charge is -2.15. The average Bonchev–Trinajstić information content (AvgIpc) is 2.96. The van der Waals surface area contributed by atoms with Crippen LogP contribution in [0.2, 0.25) is 0 Å². The summed E-state index contributed by atoms with van der Waals surface area (Å²) in [7, 11) is 0. The highest BCUT2D eigenvalue weighted by Crippen LogP contribution is 2.31. The van der Waals surface area contributed by atoms with Crippen molar-refractivity contribution in [3.8, 4) is 0 Å². The Hall–Kier alpha value is -1.43. The normalized spacial score (nSPS) is 24.1. The topological polar surface area (TPSA) is 79.3 Å². The lowest BCUT2D eigenvalue weighted by Crippen LogP contribution is -2.32. The molecule has 1 fully saturated rings. The van der Waals surface area contributed by atoms with Crippen LogP contribution in [0.1, 0.15) is 42.9 Å². The minimum absolute atomic E-state index is 0.0518. The number of hydrogen-bond acceptors (Lipinski definition) is 4. The Morgan fingerprint density at radius 2 is 2.16 bits per heavy atom. The van der Waals surface area contributed by atoms with Gasteiger partial charge in [-0.3, -0.25) is 9.59 Å². The van der Waals surface area contributed by atoms with Crippen molar-refractivity contribution in [3.63, 3.8) is 0 Å². The van der Waals surface area contributed by atoms with E-state index >= 15 is 0 Å². The molecule has 0 bridgehead atoms. The van der Waals surface area contributed by atoms with Crippen LogP contribution in [-0.4, -0.2) is 22.0 Å². The largest absolute Gasteiger partial charge is 0.481 e. The second-order valence-electron chi connectivity index (χ2n) is 5.10. The van der Waals surface area contributed by atoms with E-state index in [0.29, 0.717) is 19.3 Å². The Morgan fingerprint density at radius 1 is 1.47 bits per heavy atom. The SMILES string of the molecule is Cc1csc(C(C)NC(=O)C2CCC(C(=O)O)C2)n1. The molecule has 0 spiro atoms. The molecule has 3 unspecified atom stereocenters. The quantitative estimate of drug-likeness (QED) is 0.886. The van der Waals surface area contributed by atoms with Gasteiger partial charge in [0.05, 0.1) is 12.0 Å². The van der Waals surface area contributed by atoms with Crippen LogP contribution in [0, 0.1) is 18.8 Å². The predicted molar refractivity (Wildman–Crippen MR) is 71.9 cm³/mol. The molecule has 6 heteroatoms. The Labute approximate surface area is 116 Å². The second kappa shape index (κ2) is 5.69. The van der Waals surface area contributed by atoms with E-state index in [-0.39, 0.29) is 23.8 Å². The number of hydrogen-bond donors (Lipinski definition) is 2. The number of carbonyl (C=O) groups is 2. The Balaban J connectivity index is 1.89. The fraction of sp³-hybridized carbons (Fsp3) is 0.615. The van der Waals surface area contributed by atoms with Gasteiger partial charge in [0, 0.05) is 17.0 Å². The van der Waals surface area contributed by atoms with E-state index in [2.05, 4.69) is 10.3 Å². The summed E-state index contributed by atoms with van der Waals surface area (Å²) in [4.78, 5) is 27.3. The molecular weight excluding hydrogens is 264 g/mol. The summed E-state index contributed by atoms with van der Waals surface area (Å²) in [5.74, 6) is -1.39. The lowest BCUT2D eigenvalue weighted by molar-refractivity contribution is -0.141. The first-order valence-electron chi connectivity index (χ1n) is 6.42. The number of thiazole rings is 1. The van der Waals surface area contributed by atoms with E-state index in [9.17, 15) is 9.59 Å². The maximum absolute atomic E-state index is 12.1. The van der Waals surface area contributed by atoms with Crippen molar-refractivity contribution >= 4 is 23.2 Å². The fourth-order valence-corrected chi connectivity index (χ4v) is 3.21. The van der Waals surface area contributed by atoms with Gasteiger partial charge in [0.15, 0.2) is 0 Å². The fourth-order valence-electron chi connectivity index (χ4n) is 2.41. The molecule has 2 rings (SSSR count). The van der Waals surface area contributed by atoms with Crippen LogP contribution in [-0.2, 0) is 9.59 Å². The van der Waals surface area contributed by atoms with Crippen molar-refractivity contribution in [2.24, 2.45) is 11.8 Å². The van der Waals surface area contributed by atoms with E-state index < -0.39 is 5.97 Å². The summed E-state index contributed by atoms with van der Waals surface area (Å²) in [5.41, 5.74) is 0.952. The molecule has 1 aliphatic rings. The molecule has 5 nitrogen and oxygen atoms in total. The number of carboxylic acids is 1. The van der Waals surface area contributed by atoms with Gasteiger partial charge < -0.3 is 10.4 Å². The zero-order valence-electron chi connectivity index (χ0n) is 11.0. The van der Waals surface area contributed by atoms with Crippen LogP contribution < -0.4 is 5.32 Å². The van der Waals surface area contributed by atoms with Crippen LogP contribution >= 0.6 is 11.3 Å². The van der Waals surface area contributed by atoms with Gasteiger partial charge in [-0.05, 0) is 33.1 Å². The summed E-state index contributed by atoms with van der Waals surface area (Å²) in [6, 6.07) is -0.116. The monoisotopic (exact) mass is 282 g/mol. The number of amides is 1. The van der Waals surface area contributed by atoms with Crippen LogP contribution in [0.25, 0.3) is 0 Å². The molecule has 2 N–H and O–H groups in total. The number of carbonyl (C=O) groups excluding carboxylic acids is 1. The number of carboxylic acid groups (broad SMARTS) is 1. The van der Waals surface area contributed by atoms with Crippen molar-refractivity contribution in [1.82, 2.24) is 10.3 Å². The molecular formula is C13H18N2O3S. The molecule has 1 saturated carbocycles. The number of nitrogens with one attached hydrogen (secondary N) is 1. The molecule has 1 heterocycles. The average molecular weight is 282 g/mol. The van der Waals surface area contributed by atoms with Crippen LogP contribution in [0.5, 0.6) is 0 Å². The van der Waals surface area contributed by atoms with Crippen molar-refractivity contribution < 1.29 is 14.7 Å². The summed E-state index contributed by atoms with van der Waals surface area (Å²) >= 11 is 1.53. The number of aryl methyl sites for hydroxylation is 1. The van der Waals surface area contributed by atoms with Gasteiger partial charge in [-0.1, -0.05) is 0 Å². The maximum atomic E-state index is 12.1. The van der Waals surface area contributed by atoms with Gasteiger partial charge in [-0.2, -0.15) is 0 Å². The summed E-state index contributed by atoms with van der Waals surface area (Å²) in [5, 5.41) is 14.7. The maximum Gasteiger partial charge on any atom is 0.306 e. The molecule has 1 aliphatic carbocycles. The minimum Gasteiger partial charge on any atom is -0.481 e. The first-order valence-corrected chi connectivity index (χ1v) is 7.30. The third kappa shape index (κ3) is 3.32. The number of rotatable bonds is 4. The van der Waals surface area contributed by atoms with E-state index in [1.165, 1.54) is 11.3 Å². The first-order chi connectivity index (χ1) is 8.97. The molecule has 0 radical (unpaired) electrons. The standard InChI is InChI=1S/C13H18N2O3S/c1-7-6-19-12(14-7)8(2)15-11(16)9-3-4-10(5-9)13(17)18/h6,8-10H,3-5H2,1-2H3,(H,15,16)(H,17,18). The van der Waals surface area contributed by atoms with Gasteiger partial charge in [0.25, 0.3) is 0 Å². The smallest absolute Gasteiger partial charge is 0.306 e. The van der Waals surface area contributed by atoms with E-state index in [1.54, 1.807) is 0 Å². The highest BCUT2D eigenvalue weighted by molar-refractivity contribution is 7.09. The molecule has 1 amide bonds. The number of aromatic nitrogens is 1. The molecule has 0 aromatic carbocycles. The van der Waals surface area contributed by atoms with Gasteiger partial charge in [-0.15, -0.1) is 11.3 Å². The van der Waals surface area contributed by atoms with Gasteiger partial charge >= 0.3 is 5.97 Å². The molecule has 0 saturated heterocycles. The highest BCUT2D eigenvalue weighted by Gasteiger charge is 2.34. The number of nitrogens with zero attached hydrogens (tertiary/aromatic N) is 1. The van der Waals surface area contributed by atoms with Crippen LogP contribution in [0.3, 0.4) is 0 Å². The van der Waals surface area contributed by atoms with E-state index in [4.69, 9.17) is 5.11 Å². The van der Waals surface area contributed by atoms with Gasteiger partial charge in [-0.25, -0.2) is 4.98 Å². The summed E-state index contributed by atoms with van der Waals surface area (Å²) in [6.07, 6.45) is 1.70. The first kappa shape index (κ1) is 14.0. The lowest BCUT2D eigenvalue weighted by atomic mass is 10.0. The molecule has 1 aromatic rings. The minimum atomic E-state index is -0.793. The molecule has 1 aromatic heterocycles. The number of aliphatic carboxylic acids is 1. The van der Waals surface area contributed by atoms with Crippen molar-refractivity contribution in [1.29, 1.82) is 0 Å². The van der Waals surface area contributed by atoms with Crippen LogP contribution in [0.15, 0.2) is 5.38 Å². The Bertz CT molecular complexity index is 486. The van der Waals surface area contributed by atoms with Crippen molar-refractivity contribution in [3.05, 3.63) is 16.1 Å². The third-order valence-corrected chi connectivity index (χ3v) is 4.66. The molecule has 0 aliphatic heterocycles. The second-order valence-corrected chi connectivity index (χ2v) is 5.99. The molecule has 104 valence electrons. The van der Waals surface area contributed by atoms with Crippen LogP contribution in [0.4, 0.5) is 0 Å². The van der Waals surface area contributed by atoms with Gasteiger partial charge in [0.2, 0.25) is 5.91 Å². The third-order valence-electron chi connectivity index (χ3n) is 3.52. The zero-order valence-corrected chi connectivity index (χ0v) is 11.9. The predicted octanol–water partition coefficient (Wildman–Crippen LogP) is 2.13. The Morgan fingerprint density at radius 3 is 2.68 bits per heavy atom. The summed E-state index contributed by atoms with van der Waals surface area (Å²) < 4.78 is 0. The highest BCUT2D eigenvalue weighted by atomic mass is 32.1. The van der Waals surface area contributed by atoms with Crippen molar-refractivity contribution in [2.75, 3.05) is 0 Å². The molecule has 19 heavy (non-hydrogen) atoms. The summed E-state index contributed by atoms with van der Waals surface area (Å²) in [6.45, 7) is 3.82. The van der Waals surface area contributed by atoms with Gasteiger partial charge in [0.1, 0.15) is 5.01 Å².